The van der Waals surface area contributed by atoms with Crippen LogP contribution in [0.15, 0.2) is 22.3 Å². The number of H-pyrrole nitrogens is 1. The third-order valence-electron chi connectivity index (χ3n) is 2.50. The van der Waals surface area contributed by atoms with Gasteiger partial charge in [0.05, 0.1) is 11.3 Å². The van der Waals surface area contributed by atoms with Gasteiger partial charge in [-0.1, -0.05) is 13.8 Å². The van der Waals surface area contributed by atoms with Crippen molar-refractivity contribution >= 4 is 16.5 Å². The maximum absolute atomic E-state index is 11.8. The van der Waals surface area contributed by atoms with E-state index in [9.17, 15) is 4.79 Å². The Hall–Kier alpha value is -1.62. The first-order chi connectivity index (χ1) is 8.56. The molecule has 2 N–H and O–H groups in total. The molecule has 0 aliphatic heterocycles. The van der Waals surface area contributed by atoms with E-state index in [0.29, 0.717) is 11.5 Å². The number of nitrogens with one attached hydrogen (secondary N) is 2. The molecule has 0 atom stereocenters. The van der Waals surface area contributed by atoms with E-state index in [0.717, 1.165) is 23.1 Å². The van der Waals surface area contributed by atoms with Crippen molar-refractivity contribution < 1.29 is 0 Å². The molecule has 18 heavy (non-hydrogen) atoms. The largest absolute Gasteiger partial charge is 0.361 e. The summed E-state index contributed by atoms with van der Waals surface area (Å²) in [7, 11) is 0. The highest BCUT2D eigenvalue weighted by molar-refractivity contribution is 7.14. The van der Waals surface area contributed by atoms with Crippen molar-refractivity contribution in [2.24, 2.45) is 5.92 Å². The predicted molar refractivity (Wildman–Crippen MR) is 76.2 cm³/mol. The standard InChI is InChI=1S/C13H17N3OS/c1-8(2)6-14-13-16-11(7-18-13)10-5-4-9(3)15-12(10)17/h4-5,7-8H,6H2,1-3H3,(H,14,16)(H,15,17). The maximum atomic E-state index is 11.8. The summed E-state index contributed by atoms with van der Waals surface area (Å²) in [5.74, 6) is 0.570. The maximum Gasteiger partial charge on any atom is 0.257 e. The van der Waals surface area contributed by atoms with Crippen molar-refractivity contribution in [1.82, 2.24) is 9.97 Å². The van der Waals surface area contributed by atoms with E-state index in [1.54, 1.807) is 0 Å². The SMILES string of the molecule is Cc1ccc(-c2csc(NCC(C)C)n2)c(=O)[nH]1. The van der Waals surface area contributed by atoms with Crippen LogP contribution in [0, 0.1) is 12.8 Å². The number of rotatable bonds is 4. The van der Waals surface area contributed by atoms with E-state index < -0.39 is 0 Å². The van der Waals surface area contributed by atoms with Crippen molar-refractivity contribution in [3.05, 3.63) is 33.6 Å². The average Bonchev–Trinajstić information content (AvgIpc) is 2.75. The fourth-order valence-corrected chi connectivity index (χ4v) is 2.26. The predicted octanol–water partition coefficient (Wildman–Crippen LogP) is 2.87. The van der Waals surface area contributed by atoms with Crippen molar-refractivity contribution in [2.45, 2.75) is 20.8 Å². The number of aromatic nitrogens is 2. The molecule has 0 amide bonds. The van der Waals surface area contributed by atoms with E-state index in [-0.39, 0.29) is 5.56 Å². The van der Waals surface area contributed by atoms with Gasteiger partial charge in [0.15, 0.2) is 5.13 Å². The van der Waals surface area contributed by atoms with Crippen LogP contribution in [0.4, 0.5) is 5.13 Å². The summed E-state index contributed by atoms with van der Waals surface area (Å²) < 4.78 is 0. The van der Waals surface area contributed by atoms with Gasteiger partial charge in [-0.25, -0.2) is 4.98 Å². The number of thiazole rings is 1. The minimum absolute atomic E-state index is 0.0873. The average molecular weight is 263 g/mol. The zero-order valence-corrected chi connectivity index (χ0v) is 11.6. The molecule has 0 saturated carbocycles. The Balaban J connectivity index is 2.21. The molecule has 2 heterocycles. The number of nitrogens with zero attached hydrogens (tertiary/aromatic N) is 1. The summed E-state index contributed by atoms with van der Waals surface area (Å²) in [6.45, 7) is 7.04. The number of hydrogen-bond acceptors (Lipinski definition) is 4. The second-order valence-electron chi connectivity index (χ2n) is 4.70. The molecule has 0 radical (unpaired) electrons. The lowest BCUT2D eigenvalue weighted by Gasteiger charge is -2.04. The highest BCUT2D eigenvalue weighted by Gasteiger charge is 2.08. The number of aryl methyl sites for hydroxylation is 1. The minimum Gasteiger partial charge on any atom is -0.361 e. The number of anilines is 1. The number of hydrogen-bond donors (Lipinski definition) is 2. The van der Waals surface area contributed by atoms with Gasteiger partial charge in [-0.15, -0.1) is 11.3 Å². The van der Waals surface area contributed by atoms with E-state index in [4.69, 9.17) is 0 Å². The van der Waals surface area contributed by atoms with E-state index >= 15 is 0 Å². The lowest BCUT2D eigenvalue weighted by molar-refractivity contribution is 0.688. The molecular formula is C13H17N3OS. The van der Waals surface area contributed by atoms with Crippen LogP contribution >= 0.6 is 11.3 Å². The van der Waals surface area contributed by atoms with Gasteiger partial charge in [-0.05, 0) is 25.0 Å². The summed E-state index contributed by atoms with van der Waals surface area (Å²) in [6, 6.07) is 3.70. The molecule has 0 aliphatic rings. The van der Waals surface area contributed by atoms with Gasteiger partial charge < -0.3 is 10.3 Å². The molecule has 0 saturated heterocycles. The van der Waals surface area contributed by atoms with Crippen molar-refractivity contribution in [3.63, 3.8) is 0 Å². The summed E-state index contributed by atoms with van der Waals surface area (Å²) in [4.78, 5) is 19.0. The molecule has 0 aromatic carbocycles. The molecular weight excluding hydrogens is 246 g/mol. The van der Waals surface area contributed by atoms with Crippen LogP contribution in [-0.4, -0.2) is 16.5 Å². The zero-order valence-electron chi connectivity index (χ0n) is 10.8. The Bertz CT molecular complexity index is 586. The first-order valence-corrected chi connectivity index (χ1v) is 6.84. The van der Waals surface area contributed by atoms with Crippen molar-refractivity contribution in [2.75, 3.05) is 11.9 Å². The van der Waals surface area contributed by atoms with Crippen LogP contribution in [0.5, 0.6) is 0 Å². The lowest BCUT2D eigenvalue weighted by Crippen LogP contribution is -2.10. The molecule has 0 bridgehead atoms. The lowest BCUT2D eigenvalue weighted by atomic mass is 10.2. The second kappa shape index (κ2) is 5.35. The zero-order chi connectivity index (χ0) is 13.1. The van der Waals surface area contributed by atoms with E-state index in [1.807, 2.05) is 24.4 Å². The Morgan fingerprint density at radius 2 is 2.22 bits per heavy atom. The van der Waals surface area contributed by atoms with Gasteiger partial charge in [-0.2, -0.15) is 0 Å². The fourth-order valence-electron chi connectivity index (χ4n) is 1.54. The van der Waals surface area contributed by atoms with Gasteiger partial charge >= 0.3 is 0 Å². The minimum atomic E-state index is -0.0873. The van der Waals surface area contributed by atoms with Crippen LogP contribution in [0.1, 0.15) is 19.5 Å². The first kappa shape index (κ1) is 12.8. The molecule has 2 aromatic rings. The molecule has 0 spiro atoms. The van der Waals surface area contributed by atoms with Crippen LogP contribution in [0.3, 0.4) is 0 Å². The molecule has 0 fully saturated rings. The summed E-state index contributed by atoms with van der Waals surface area (Å²) in [6.07, 6.45) is 0. The normalized spacial score (nSPS) is 10.9. The van der Waals surface area contributed by atoms with E-state index in [2.05, 4.69) is 29.1 Å². The van der Waals surface area contributed by atoms with Crippen LogP contribution in [0.2, 0.25) is 0 Å². The topological polar surface area (TPSA) is 57.8 Å². The Morgan fingerprint density at radius 3 is 2.89 bits per heavy atom. The number of aromatic amines is 1. The summed E-state index contributed by atoms with van der Waals surface area (Å²) in [5, 5.41) is 6.03. The number of pyridine rings is 1. The first-order valence-electron chi connectivity index (χ1n) is 5.96. The van der Waals surface area contributed by atoms with Crippen LogP contribution in [-0.2, 0) is 0 Å². The fraction of sp³-hybridized carbons (Fsp3) is 0.385. The monoisotopic (exact) mass is 263 g/mol. The Morgan fingerprint density at radius 1 is 1.44 bits per heavy atom. The third kappa shape index (κ3) is 2.98. The molecule has 4 nitrogen and oxygen atoms in total. The second-order valence-corrected chi connectivity index (χ2v) is 5.55. The molecule has 96 valence electrons. The van der Waals surface area contributed by atoms with Crippen LogP contribution < -0.4 is 10.9 Å². The highest BCUT2D eigenvalue weighted by Crippen LogP contribution is 2.22. The van der Waals surface area contributed by atoms with E-state index in [1.165, 1.54) is 11.3 Å². The molecule has 0 unspecified atom stereocenters. The Kier molecular flexibility index (Phi) is 3.81. The summed E-state index contributed by atoms with van der Waals surface area (Å²) in [5.41, 5.74) is 2.12. The van der Waals surface area contributed by atoms with Gasteiger partial charge in [0, 0.05) is 17.6 Å². The van der Waals surface area contributed by atoms with Gasteiger partial charge in [0.2, 0.25) is 0 Å². The Labute approximate surface area is 110 Å². The van der Waals surface area contributed by atoms with Gasteiger partial charge in [0.25, 0.3) is 5.56 Å². The van der Waals surface area contributed by atoms with Gasteiger partial charge in [0.1, 0.15) is 0 Å². The van der Waals surface area contributed by atoms with Crippen molar-refractivity contribution in [1.29, 1.82) is 0 Å². The van der Waals surface area contributed by atoms with Gasteiger partial charge in [-0.3, -0.25) is 4.79 Å². The smallest absolute Gasteiger partial charge is 0.257 e. The third-order valence-corrected chi connectivity index (χ3v) is 3.30. The molecule has 2 aromatic heterocycles. The molecule has 2 rings (SSSR count). The summed E-state index contributed by atoms with van der Waals surface area (Å²) >= 11 is 1.52. The highest BCUT2D eigenvalue weighted by atomic mass is 32.1. The van der Waals surface area contributed by atoms with Crippen molar-refractivity contribution in [3.8, 4) is 11.3 Å². The van der Waals surface area contributed by atoms with Crippen LogP contribution in [0.25, 0.3) is 11.3 Å². The molecule has 0 aliphatic carbocycles. The molecule has 5 heteroatoms. The quantitative estimate of drug-likeness (QED) is 0.891.